The summed E-state index contributed by atoms with van der Waals surface area (Å²) < 4.78 is 37.8. The molecule has 1 N–H and O–H groups in total. The van der Waals surface area contributed by atoms with Crippen molar-refractivity contribution in [2.75, 3.05) is 13.1 Å². The van der Waals surface area contributed by atoms with Crippen LogP contribution in [0.25, 0.3) is 11.1 Å². The van der Waals surface area contributed by atoms with E-state index in [1.807, 2.05) is 6.07 Å². The molecule has 21 heavy (non-hydrogen) atoms. The van der Waals surface area contributed by atoms with Crippen molar-refractivity contribution in [1.29, 1.82) is 0 Å². The van der Waals surface area contributed by atoms with Crippen LogP contribution in [-0.4, -0.2) is 31.7 Å². The zero-order chi connectivity index (χ0) is 14.6. The highest BCUT2D eigenvalue weighted by molar-refractivity contribution is 7.92. The first-order chi connectivity index (χ1) is 10.1. The molecule has 2 aromatic rings. The standard InChI is InChI=1S/C15H13FN2O2S/c16-15-4-2-10(6-18-15)9-1-3-13-11(5-9)12-7-17-8-14(12)21(13,19)20/h1-6,12,14,17H,7-8H2/t12-,14-/m0/s1. The minimum absolute atomic E-state index is 0.0124. The zero-order valence-corrected chi connectivity index (χ0v) is 11.9. The summed E-state index contributed by atoms with van der Waals surface area (Å²) in [4.78, 5) is 4.09. The van der Waals surface area contributed by atoms with E-state index >= 15 is 0 Å². The van der Waals surface area contributed by atoms with Crippen LogP contribution in [0.15, 0.2) is 41.4 Å². The average Bonchev–Trinajstić information content (AvgIpc) is 3.03. The Labute approximate surface area is 121 Å². The van der Waals surface area contributed by atoms with E-state index in [0.717, 1.165) is 16.7 Å². The molecule has 108 valence electrons. The predicted molar refractivity (Wildman–Crippen MR) is 76.2 cm³/mol. The van der Waals surface area contributed by atoms with Crippen molar-refractivity contribution in [3.63, 3.8) is 0 Å². The van der Waals surface area contributed by atoms with Gasteiger partial charge in [-0.05, 0) is 35.4 Å². The number of hydrogen-bond acceptors (Lipinski definition) is 4. The molecule has 1 fully saturated rings. The van der Waals surface area contributed by atoms with Gasteiger partial charge in [0.25, 0.3) is 0 Å². The van der Waals surface area contributed by atoms with Crippen LogP contribution < -0.4 is 5.32 Å². The molecule has 1 saturated heterocycles. The molecule has 2 aliphatic heterocycles. The maximum Gasteiger partial charge on any atom is 0.212 e. The predicted octanol–water partition coefficient (Wildman–Crippen LogP) is 1.73. The molecule has 0 unspecified atom stereocenters. The van der Waals surface area contributed by atoms with Gasteiger partial charge in [0.2, 0.25) is 5.95 Å². The molecule has 0 saturated carbocycles. The Morgan fingerprint density at radius 3 is 2.71 bits per heavy atom. The highest BCUT2D eigenvalue weighted by atomic mass is 32.2. The second-order valence-electron chi connectivity index (χ2n) is 5.47. The highest BCUT2D eigenvalue weighted by Gasteiger charge is 2.47. The maximum absolute atomic E-state index is 12.9. The zero-order valence-electron chi connectivity index (χ0n) is 11.1. The van der Waals surface area contributed by atoms with Crippen molar-refractivity contribution in [3.8, 4) is 11.1 Å². The fourth-order valence-corrected chi connectivity index (χ4v) is 5.41. The first-order valence-corrected chi connectivity index (χ1v) is 8.32. The number of nitrogens with zero attached hydrogens (tertiary/aromatic N) is 1. The first kappa shape index (κ1) is 12.9. The van der Waals surface area contributed by atoms with Gasteiger partial charge in [-0.3, -0.25) is 0 Å². The summed E-state index contributed by atoms with van der Waals surface area (Å²) in [6.45, 7) is 1.19. The minimum Gasteiger partial charge on any atom is -0.315 e. The molecule has 0 aliphatic carbocycles. The number of nitrogens with one attached hydrogen (secondary N) is 1. The lowest BCUT2D eigenvalue weighted by molar-refractivity contribution is 0.584. The van der Waals surface area contributed by atoms with Gasteiger partial charge in [0.15, 0.2) is 9.84 Å². The Bertz CT molecular complexity index is 818. The number of aromatic nitrogens is 1. The van der Waals surface area contributed by atoms with E-state index in [2.05, 4.69) is 10.3 Å². The third-order valence-corrected chi connectivity index (χ3v) is 6.61. The van der Waals surface area contributed by atoms with Gasteiger partial charge in [0.05, 0.1) is 10.1 Å². The molecule has 4 nitrogen and oxygen atoms in total. The van der Waals surface area contributed by atoms with Crippen LogP contribution in [-0.2, 0) is 9.84 Å². The largest absolute Gasteiger partial charge is 0.315 e. The molecule has 6 heteroatoms. The van der Waals surface area contributed by atoms with E-state index in [0.29, 0.717) is 18.0 Å². The Morgan fingerprint density at radius 2 is 1.95 bits per heavy atom. The summed E-state index contributed by atoms with van der Waals surface area (Å²) in [6, 6.07) is 8.29. The van der Waals surface area contributed by atoms with Gasteiger partial charge in [0, 0.05) is 30.8 Å². The number of fused-ring (bicyclic) bond motifs is 3. The summed E-state index contributed by atoms with van der Waals surface area (Å²) in [7, 11) is -3.23. The summed E-state index contributed by atoms with van der Waals surface area (Å²) in [5.41, 5.74) is 2.52. The van der Waals surface area contributed by atoms with Crippen LogP contribution in [0, 0.1) is 5.95 Å². The van der Waals surface area contributed by atoms with Crippen molar-refractivity contribution in [2.24, 2.45) is 0 Å². The van der Waals surface area contributed by atoms with Crippen molar-refractivity contribution in [2.45, 2.75) is 16.1 Å². The van der Waals surface area contributed by atoms with Gasteiger partial charge in [-0.15, -0.1) is 0 Å². The molecule has 0 bridgehead atoms. The fourth-order valence-electron chi connectivity index (χ4n) is 3.28. The van der Waals surface area contributed by atoms with Gasteiger partial charge in [-0.25, -0.2) is 13.4 Å². The monoisotopic (exact) mass is 304 g/mol. The van der Waals surface area contributed by atoms with Crippen LogP contribution >= 0.6 is 0 Å². The lowest BCUT2D eigenvalue weighted by Crippen LogP contribution is -2.22. The topological polar surface area (TPSA) is 59.1 Å². The number of hydrogen-bond donors (Lipinski definition) is 1. The summed E-state index contributed by atoms with van der Waals surface area (Å²) in [6.07, 6.45) is 1.46. The van der Waals surface area contributed by atoms with Crippen LogP contribution in [0.5, 0.6) is 0 Å². The van der Waals surface area contributed by atoms with Crippen LogP contribution in [0.4, 0.5) is 4.39 Å². The van der Waals surface area contributed by atoms with Crippen molar-refractivity contribution >= 4 is 9.84 Å². The molecule has 2 atom stereocenters. The Hall–Kier alpha value is -1.79. The Kier molecular flexibility index (Phi) is 2.68. The third-order valence-electron chi connectivity index (χ3n) is 4.33. The summed E-state index contributed by atoms with van der Waals surface area (Å²) in [5, 5.41) is 2.79. The molecule has 2 aliphatic rings. The maximum atomic E-state index is 12.9. The Balaban J connectivity index is 1.86. The molecule has 0 amide bonds. The molecule has 3 heterocycles. The molecular weight excluding hydrogens is 291 g/mol. The van der Waals surface area contributed by atoms with E-state index in [1.54, 1.807) is 18.2 Å². The summed E-state index contributed by atoms with van der Waals surface area (Å²) in [5.74, 6) is -0.513. The van der Waals surface area contributed by atoms with Gasteiger partial charge in [-0.2, -0.15) is 4.39 Å². The quantitative estimate of drug-likeness (QED) is 0.815. The lowest BCUT2D eigenvalue weighted by Gasteiger charge is -2.08. The van der Waals surface area contributed by atoms with Gasteiger partial charge in [0.1, 0.15) is 0 Å². The second-order valence-corrected chi connectivity index (χ2v) is 7.61. The number of pyridine rings is 1. The SMILES string of the molecule is O=S1(=O)c2ccc(-c3ccc(F)nc3)cc2[C@@H]2CNC[C@@H]21. The molecular formula is C15H13FN2O2S. The van der Waals surface area contributed by atoms with Crippen LogP contribution in [0.3, 0.4) is 0 Å². The highest BCUT2D eigenvalue weighted by Crippen LogP contribution is 2.43. The van der Waals surface area contributed by atoms with Crippen LogP contribution in [0.1, 0.15) is 11.5 Å². The number of benzene rings is 1. The van der Waals surface area contributed by atoms with E-state index < -0.39 is 15.8 Å². The van der Waals surface area contributed by atoms with Gasteiger partial charge < -0.3 is 5.32 Å². The third kappa shape index (κ3) is 1.82. The number of rotatable bonds is 1. The van der Waals surface area contributed by atoms with Crippen LogP contribution in [0.2, 0.25) is 0 Å². The molecule has 4 rings (SSSR count). The van der Waals surface area contributed by atoms with Crippen molar-refractivity contribution in [1.82, 2.24) is 10.3 Å². The van der Waals surface area contributed by atoms with E-state index in [9.17, 15) is 12.8 Å². The Morgan fingerprint density at radius 1 is 1.14 bits per heavy atom. The fraction of sp³-hybridized carbons (Fsp3) is 0.267. The summed E-state index contributed by atoms with van der Waals surface area (Å²) >= 11 is 0. The number of sulfone groups is 1. The van der Waals surface area contributed by atoms with Crippen molar-refractivity contribution in [3.05, 3.63) is 48.0 Å². The lowest BCUT2D eigenvalue weighted by atomic mass is 9.95. The molecule has 0 spiro atoms. The smallest absolute Gasteiger partial charge is 0.212 e. The number of halogens is 1. The molecule has 1 aromatic heterocycles. The normalized spacial score (nSPS) is 25.6. The van der Waals surface area contributed by atoms with E-state index in [-0.39, 0.29) is 11.2 Å². The average molecular weight is 304 g/mol. The first-order valence-electron chi connectivity index (χ1n) is 6.78. The van der Waals surface area contributed by atoms with E-state index in [4.69, 9.17) is 0 Å². The molecule has 0 radical (unpaired) electrons. The van der Waals surface area contributed by atoms with E-state index in [1.165, 1.54) is 12.3 Å². The molecule has 1 aromatic carbocycles. The van der Waals surface area contributed by atoms with Gasteiger partial charge in [-0.1, -0.05) is 6.07 Å². The van der Waals surface area contributed by atoms with Gasteiger partial charge >= 0.3 is 0 Å². The minimum atomic E-state index is -3.23. The van der Waals surface area contributed by atoms with Crippen molar-refractivity contribution < 1.29 is 12.8 Å². The second kappa shape index (κ2) is 4.35.